The number of hydrogen-bond acceptors (Lipinski definition) is 4. The number of Topliss-reactive ketones (excluding diaryl/α,β-unsaturated/α-hetero) is 3. The molecule has 0 aromatic rings. The number of rotatable bonds is 2. The second-order valence-electron chi connectivity index (χ2n) is 19.1. The number of aliphatic hydroxyl groups excluding tert-OH is 1. The predicted octanol–water partition coefficient (Wildman–Crippen LogP) is 11.3. The summed E-state index contributed by atoms with van der Waals surface area (Å²) in [4.78, 5) is 36.4. The Morgan fingerprint density at radius 1 is 0.592 bits per heavy atom. The van der Waals surface area contributed by atoms with Crippen LogP contribution in [-0.2, 0) is 14.4 Å². The quantitative estimate of drug-likeness (QED) is 0.314. The molecule has 49 heavy (non-hydrogen) atoms. The zero-order valence-electron chi connectivity index (χ0n) is 32.1. The lowest BCUT2D eigenvalue weighted by atomic mass is 9.44. The third kappa shape index (κ3) is 6.28. The molecule has 0 amide bonds. The van der Waals surface area contributed by atoms with Gasteiger partial charge in [-0.1, -0.05) is 50.0 Å². The van der Waals surface area contributed by atoms with Crippen LogP contribution in [0.4, 0.5) is 0 Å². The molecule has 8 rings (SSSR count). The Bertz CT molecular complexity index is 1330. The summed E-state index contributed by atoms with van der Waals surface area (Å²) in [7, 11) is 0. The monoisotopic (exact) mass is 685 g/mol. The van der Waals surface area contributed by atoms with Gasteiger partial charge < -0.3 is 5.11 Å². The standard InChI is InChI=1S/C21H34O2.C21H32O2.3CH4/c2*1-13(22)17-6-7-18-16-5-4-14-12-15(23)8-10-20(14,2)19(16)9-11-21(17,18)3;;;/h14-19,23H,4-12H2,1-3H3;14,16-19H,4-12H2,1-3H3;3*1H4/t14-,15+,16+,17-,18+,19+,20+,21-;14-,16+,17-,18+,19+,20+,21-;;;/m11.../s1/i2*14D;;;. The summed E-state index contributed by atoms with van der Waals surface area (Å²) in [5.74, 6) is 4.57. The second kappa shape index (κ2) is 14.4. The van der Waals surface area contributed by atoms with Crippen molar-refractivity contribution < 1.29 is 22.2 Å². The number of fused-ring (bicyclic) bond motifs is 10. The van der Waals surface area contributed by atoms with Crippen LogP contribution in [0.3, 0.4) is 0 Å². The minimum atomic E-state index is -0.532. The van der Waals surface area contributed by atoms with Gasteiger partial charge >= 0.3 is 0 Å². The molecule has 4 heteroatoms. The van der Waals surface area contributed by atoms with E-state index in [1.807, 2.05) is 0 Å². The SMILES string of the molecule is C.C.C.[2H][C@]12CC[C@H]3[C@@H]4CC[C@H](C(C)=O)[C@@]4(C)CC[C@@H]3[C@@]1(C)CCC(=O)C2.[2H][C@]12CC[C@H]3[C@@H]4CC[C@H](C(C)=O)[C@@]4(C)CC[C@@H]3[C@@]1(C)CC[C@H](O)C2. The van der Waals surface area contributed by atoms with Crippen LogP contribution in [0, 0.1) is 80.8 Å². The molecule has 282 valence electrons. The van der Waals surface area contributed by atoms with Gasteiger partial charge in [-0.05, 0) is 186 Å². The molecular weight excluding hydrogens is 604 g/mol. The van der Waals surface area contributed by atoms with Gasteiger partial charge in [0.25, 0.3) is 0 Å². The van der Waals surface area contributed by atoms with Crippen LogP contribution in [0.2, 0.25) is 0 Å². The Morgan fingerprint density at radius 2 is 1.02 bits per heavy atom. The topological polar surface area (TPSA) is 71.4 Å². The summed E-state index contributed by atoms with van der Waals surface area (Å²) in [5.41, 5.74) is 0.458. The zero-order valence-corrected chi connectivity index (χ0v) is 30.1. The molecule has 15 atom stereocenters. The van der Waals surface area contributed by atoms with Crippen molar-refractivity contribution in [2.45, 2.75) is 186 Å². The molecule has 0 aliphatic heterocycles. The fourth-order valence-corrected chi connectivity index (χ4v) is 15.0. The van der Waals surface area contributed by atoms with Crippen LogP contribution in [0.15, 0.2) is 0 Å². The first-order chi connectivity index (χ1) is 22.4. The molecule has 0 aromatic carbocycles. The maximum atomic E-state index is 12.2. The molecule has 1 N–H and O–H groups in total. The lowest BCUT2D eigenvalue weighted by Crippen LogP contribution is -2.54. The van der Waals surface area contributed by atoms with Crippen LogP contribution in [0.1, 0.15) is 182 Å². The van der Waals surface area contributed by atoms with E-state index in [1.165, 1.54) is 19.3 Å². The van der Waals surface area contributed by atoms with Gasteiger partial charge in [0.15, 0.2) is 0 Å². The maximum absolute atomic E-state index is 12.2. The highest BCUT2D eigenvalue weighted by atomic mass is 16.3. The summed E-state index contributed by atoms with van der Waals surface area (Å²) in [5, 5.41) is 10.2. The molecule has 0 heterocycles. The van der Waals surface area contributed by atoms with Gasteiger partial charge in [-0.3, -0.25) is 14.4 Å². The highest BCUT2D eigenvalue weighted by molar-refractivity contribution is 5.80. The Morgan fingerprint density at radius 3 is 1.51 bits per heavy atom. The molecule has 8 saturated carbocycles. The Balaban J connectivity index is 0.000000216. The molecule has 8 aliphatic carbocycles. The molecule has 0 saturated heterocycles. The van der Waals surface area contributed by atoms with E-state index >= 15 is 0 Å². The van der Waals surface area contributed by atoms with Gasteiger partial charge in [0.05, 0.1) is 6.10 Å². The number of carbonyl (C=O) groups excluding carboxylic acids is 3. The smallest absolute Gasteiger partial charge is 0.133 e. The first-order valence-electron chi connectivity index (χ1n) is 20.6. The van der Waals surface area contributed by atoms with Crippen LogP contribution in [-0.4, -0.2) is 28.6 Å². The molecule has 0 unspecified atom stereocenters. The van der Waals surface area contributed by atoms with Crippen LogP contribution in [0.5, 0.6) is 0 Å². The second-order valence-corrected chi connectivity index (χ2v) is 19.1. The number of ketones is 3. The molecule has 4 nitrogen and oxygen atoms in total. The fraction of sp³-hybridized carbons (Fsp3) is 0.933. The zero-order chi connectivity index (χ0) is 34.7. The molecule has 0 spiro atoms. The third-order valence-corrected chi connectivity index (χ3v) is 17.5. The van der Waals surface area contributed by atoms with E-state index in [1.54, 1.807) is 13.8 Å². The van der Waals surface area contributed by atoms with Gasteiger partial charge in [-0.2, -0.15) is 0 Å². The molecule has 8 fully saturated rings. The summed E-state index contributed by atoms with van der Waals surface area (Å²) in [6, 6.07) is 0. The van der Waals surface area contributed by atoms with Crippen molar-refractivity contribution in [1.29, 1.82) is 0 Å². The lowest BCUT2D eigenvalue weighted by molar-refractivity contribution is -0.143. The predicted molar refractivity (Wildman–Crippen MR) is 203 cm³/mol. The van der Waals surface area contributed by atoms with Crippen molar-refractivity contribution in [2.75, 3.05) is 0 Å². The molecule has 0 bridgehead atoms. The molecule has 0 aromatic heterocycles. The first-order valence-corrected chi connectivity index (χ1v) is 19.6. The van der Waals surface area contributed by atoms with E-state index < -0.39 is 11.8 Å². The molecular formula is C45H78O4. The van der Waals surface area contributed by atoms with E-state index in [2.05, 4.69) is 27.7 Å². The summed E-state index contributed by atoms with van der Waals surface area (Å²) in [6.45, 7) is 13.0. The van der Waals surface area contributed by atoms with Crippen LogP contribution in [0.25, 0.3) is 0 Å². The highest BCUT2D eigenvalue weighted by Gasteiger charge is 2.62. The summed E-state index contributed by atoms with van der Waals surface area (Å²) < 4.78 is 18.3. The van der Waals surface area contributed by atoms with Gasteiger partial charge in [-0.25, -0.2) is 0 Å². The number of carbonyl (C=O) groups is 3. The largest absolute Gasteiger partial charge is 0.393 e. The van der Waals surface area contributed by atoms with Crippen molar-refractivity contribution in [3.05, 3.63) is 0 Å². The number of aliphatic hydroxyl groups is 1. The molecule has 0 radical (unpaired) electrons. The van der Waals surface area contributed by atoms with Crippen molar-refractivity contribution in [1.82, 2.24) is 0 Å². The summed E-state index contributed by atoms with van der Waals surface area (Å²) in [6.07, 6.45) is 17.6. The van der Waals surface area contributed by atoms with E-state index in [0.29, 0.717) is 72.1 Å². The van der Waals surface area contributed by atoms with Crippen LogP contribution < -0.4 is 0 Å². The lowest BCUT2D eigenvalue weighted by Gasteiger charge is -2.60. The minimum Gasteiger partial charge on any atom is -0.393 e. The van der Waals surface area contributed by atoms with Crippen molar-refractivity contribution >= 4 is 17.3 Å². The van der Waals surface area contributed by atoms with E-state index in [-0.39, 0.29) is 61.9 Å². The molecule has 8 aliphatic rings. The Hall–Kier alpha value is -1.03. The average Bonchev–Trinajstić information content (AvgIpc) is 3.56. The van der Waals surface area contributed by atoms with Crippen molar-refractivity contribution in [3.8, 4) is 0 Å². The van der Waals surface area contributed by atoms with Gasteiger partial charge in [-0.15, -0.1) is 0 Å². The minimum absolute atomic E-state index is 0. The van der Waals surface area contributed by atoms with Gasteiger partial charge in [0, 0.05) is 27.4 Å². The maximum Gasteiger partial charge on any atom is 0.133 e. The van der Waals surface area contributed by atoms with E-state index in [0.717, 1.165) is 77.0 Å². The van der Waals surface area contributed by atoms with Crippen molar-refractivity contribution in [3.63, 3.8) is 0 Å². The normalized spacial score (nSPS) is 54.3. The first kappa shape index (κ1) is 37.7. The highest BCUT2D eigenvalue weighted by Crippen LogP contribution is 2.69. The number of hydrogen-bond donors (Lipinski definition) is 1. The average molecular weight is 685 g/mol. The van der Waals surface area contributed by atoms with Gasteiger partial charge in [0.2, 0.25) is 0 Å². The third-order valence-electron chi connectivity index (χ3n) is 17.5. The Kier molecular flexibility index (Phi) is 11.1. The fourth-order valence-electron chi connectivity index (χ4n) is 15.0. The van der Waals surface area contributed by atoms with E-state index in [4.69, 9.17) is 2.74 Å². The van der Waals surface area contributed by atoms with Crippen molar-refractivity contribution in [2.24, 2.45) is 80.8 Å². The van der Waals surface area contributed by atoms with Crippen LogP contribution >= 0.6 is 0 Å². The Labute approximate surface area is 305 Å². The summed E-state index contributed by atoms with van der Waals surface area (Å²) >= 11 is 0. The van der Waals surface area contributed by atoms with E-state index in [9.17, 15) is 19.5 Å². The van der Waals surface area contributed by atoms with Gasteiger partial charge in [0.1, 0.15) is 17.3 Å².